The summed E-state index contributed by atoms with van der Waals surface area (Å²) >= 11 is 1.74. The predicted molar refractivity (Wildman–Crippen MR) is 69.7 cm³/mol. The topological polar surface area (TPSA) is 24.9 Å². The molecule has 1 aromatic rings. The summed E-state index contributed by atoms with van der Waals surface area (Å²) in [7, 11) is 0. The quantitative estimate of drug-likeness (QED) is 0.864. The molecule has 1 atom stereocenters. The highest BCUT2D eigenvalue weighted by atomic mass is 32.1. The van der Waals surface area contributed by atoms with E-state index in [2.05, 4.69) is 31.1 Å². The summed E-state index contributed by atoms with van der Waals surface area (Å²) in [4.78, 5) is 5.49. The summed E-state index contributed by atoms with van der Waals surface area (Å²) in [5.41, 5.74) is 2.16. The average molecular weight is 238 g/mol. The summed E-state index contributed by atoms with van der Waals surface area (Å²) in [6.45, 7) is 6.94. The Balaban J connectivity index is 1.97. The van der Waals surface area contributed by atoms with Gasteiger partial charge in [-0.2, -0.15) is 0 Å². The fourth-order valence-electron chi connectivity index (χ4n) is 2.83. The Morgan fingerprint density at radius 2 is 2.12 bits per heavy atom. The molecule has 3 heteroatoms. The molecule has 2 nitrogen and oxygen atoms in total. The molecule has 0 aromatic carbocycles. The smallest absolute Gasteiger partial charge is 0.0794 e. The molecule has 1 fully saturated rings. The third kappa shape index (κ3) is 2.64. The van der Waals surface area contributed by atoms with E-state index in [9.17, 15) is 0 Å². The van der Waals surface area contributed by atoms with E-state index >= 15 is 0 Å². The van der Waals surface area contributed by atoms with Gasteiger partial charge in [0.05, 0.1) is 5.51 Å². The van der Waals surface area contributed by atoms with Crippen molar-refractivity contribution >= 4 is 11.3 Å². The number of nitrogens with one attached hydrogen (secondary N) is 1. The Hall–Kier alpha value is -0.410. The van der Waals surface area contributed by atoms with Gasteiger partial charge < -0.3 is 5.32 Å². The van der Waals surface area contributed by atoms with Crippen LogP contribution >= 0.6 is 11.3 Å². The molecule has 0 amide bonds. The third-order valence-corrected chi connectivity index (χ3v) is 4.80. The van der Waals surface area contributed by atoms with E-state index in [1.807, 2.05) is 11.7 Å². The zero-order valence-corrected chi connectivity index (χ0v) is 11.3. The van der Waals surface area contributed by atoms with Crippen LogP contribution in [0.1, 0.15) is 57.4 Å². The monoisotopic (exact) mass is 238 g/mol. The molecule has 1 aromatic heterocycles. The van der Waals surface area contributed by atoms with E-state index in [0.717, 1.165) is 5.92 Å². The lowest BCUT2D eigenvalue weighted by Gasteiger charge is -2.35. The molecule has 1 heterocycles. The number of nitrogens with zero attached hydrogens (tertiary/aromatic N) is 1. The molecule has 1 unspecified atom stereocenters. The van der Waals surface area contributed by atoms with Crippen LogP contribution in [0.3, 0.4) is 0 Å². The van der Waals surface area contributed by atoms with Gasteiger partial charge in [-0.05, 0) is 39.5 Å². The lowest BCUT2D eigenvalue weighted by molar-refractivity contribution is 0.235. The van der Waals surface area contributed by atoms with Crippen LogP contribution in [0, 0.1) is 5.92 Å². The van der Waals surface area contributed by atoms with Crippen molar-refractivity contribution in [2.45, 2.75) is 58.0 Å². The van der Waals surface area contributed by atoms with Crippen LogP contribution in [0.5, 0.6) is 0 Å². The fourth-order valence-corrected chi connectivity index (χ4v) is 3.46. The maximum absolute atomic E-state index is 4.15. The number of rotatable bonds is 4. The molecular formula is C13H22N2S. The molecule has 2 rings (SSSR count). The van der Waals surface area contributed by atoms with Crippen LogP contribution < -0.4 is 5.32 Å². The van der Waals surface area contributed by atoms with Gasteiger partial charge in [0, 0.05) is 22.7 Å². The Morgan fingerprint density at radius 3 is 2.69 bits per heavy atom. The van der Waals surface area contributed by atoms with Crippen LogP contribution in [-0.4, -0.2) is 10.5 Å². The molecule has 0 radical (unpaired) electrons. The van der Waals surface area contributed by atoms with Gasteiger partial charge in [0.2, 0.25) is 0 Å². The summed E-state index contributed by atoms with van der Waals surface area (Å²) in [5, 5.41) is 3.77. The molecule has 1 saturated carbocycles. The van der Waals surface area contributed by atoms with Crippen molar-refractivity contribution in [1.82, 2.24) is 10.3 Å². The van der Waals surface area contributed by atoms with Crippen molar-refractivity contribution in [3.63, 3.8) is 0 Å². The highest BCUT2D eigenvalue weighted by molar-refractivity contribution is 7.09. The minimum absolute atomic E-state index is 0.250. The van der Waals surface area contributed by atoms with Crippen molar-refractivity contribution in [2.75, 3.05) is 0 Å². The Bertz CT molecular complexity index is 313. The average Bonchev–Trinajstić information content (AvgIpc) is 2.91. The summed E-state index contributed by atoms with van der Waals surface area (Å²) in [6.07, 6.45) is 7.56. The SMILES string of the molecule is CC(NC(C)(C)C1CCCC1)c1cncs1. The van der Waals surface area contributed by atoms with Crippen molar-refractivity contribution in [3.05, 3.63) is 16.6 Å². The van der Waals surface area contributed by atoms with Crippen molar-refractivity contribution in [1.29, 1.82) is 0 Å². The van der Waals surface area contributed by atoms with Crippen LogP contribution in [0.2, 0.25) is 0 Å². The van der Waals surface area contributed by atoms with Crippen molar-refractivity contribution in [2.24, 2.45) is 5.92 Å². The highest BCUT2D eigenvalue weighted by Crippen LogP contribution is 2.35. The zero-order valence-electron chi connectivity index (χ0n) is 10.5. The number of hydrogen-bond acceptors (Lipinski definition) is 3. The van der Waals surface area contributed by atoms with Crippen LogP contribution in [0.4, 0.5) is 0 Å². The van der Waals surface area contributed by atoms with Crippen LogP contribution in [0.25, 0.3) is 0 Å². The largest absolute Gasteiger partial charge is 0.304 e. The number of thiazole rings is 1. The van der Waals surface area contributed by atoms with Gasteiger partial charge in [0.1, 0.15) is 0 Å². The minimum Gasteiger partial charge on any atom is -0.304 e. The third-order valence-electron chi connectivity index (χ3n) is 3.84. The van der Waals surface area contributed by atoms with Gasteiger partial charge in [0.25, 0.3) is 0 Å². The van der Waals surface area contributed by atoms with Gasteiger partial charge in [-0.1, -0.05) is 12.8 Å². The molecule has 0 saturated heterocycles. The van der Waals surface area contributed by atoms with Crippen molar-refractivity contribution < 1.29 is 0 Å². The van der Waals surface area contributed by atoms with E-state index in [1.165, 1.54) is 30.6 Å². The molecule has 1 aliphatic rings. The van der Waals surface area contributed by atoms with Gasteiger partial charge in [-0.25, -0.2) is 0 Å². The van der Waals surface area contributed by atoms with E-state index in [0.29, 0.717) is 6.04 Å². The van der Waals surface area contributed by atoms with Gasteiger partial charge in [-0.15, -0.1) is 11.3 Å². The fraction of sp³-hybridized carbons (Fsp3) is 0.769. The lowest BCUT2D eigenvalue weighted by Crippen LogP contribution is -2.46. The van der Waals surface area contributed by atoms with Gasteiger partial charge >= 0.3 is 0 Å². The molecule has 90 valence electrons. The van der Waals surface area contributed by atoms with E-state index < -0.39 is 0 Å². The Morgan fingerprint density at radius 1 is 1.44 bits per heavy atom. The minimum atomic E-state index is 0.250. The van der Waals surface area contributed by atoms with Crippen LogP contribution in [0.15, 0.2) is 11.7 Å². The predicted octanol–water partition coefficient (Wildman–Crippen LogP) is 3.76. The first kappa shape index (κ1) is 12.1. The first-order valence-corrected chi connectivity index (χ1v) is 7.13. The number of aromatic nitrogens is 1. The molecule has 16 heavy (non-hydrogen) atoms. The van der Waals surface area contributed by atoms with E-state index in [1.54, 1.807) is 11.3 Å². The first-order valence-electron chi connectivity index (χ1n) is 6.25. The summed E-state index contributed by atoms with van der Waals surface area (Å²) in [5.74, 6) is 0.836. The summed E-state index contributed by atoms with van der Waals surface area (Å²) in [6, 6.07) is 0.420. The Kier molecular flexibility index (Phi) is 3.65. The lowest BCUT2D eigenvalue weighted by atomic mass is 9.85. The second-order valence-electron chi connectivity index (χ2n) is 5.47. The first-order chi connectivity index (χ1) is 7.59. The van der Waals surface area contributed by atoms with E-state index in [4.69, 9.17) is 0 Å². The van der Waals surface area contributed by atoms with Gasteiger partial charge in [-0.3, -0.25) is 4.98 Å². The van der Waals surface area contributed by atoms with Crippen molar-refractivity contribution in [3.8, 4) is 0 Å². The second kappa shape index (κ2) is 4.84. The van der Waals surface area contributed by atoms with Gasteiger partial charge in [0.15, 0.2) is 0 Å². The molecule has 1 aliphatic carbocycles. The maximum atomic E-state index is 4.15. The molecular weight excluding hydrogens is 216 g/mol. The molecule has 0 aliphatic heterocycles. The second-order valence-corrected chi connectivity index (χ2v) is 6.39. The molecule has 1 N–H and O–H groups in total. The standard InChI is InChI=1S/C13H22N2S/c1-10(12-8-14-9-16-12)15-13(2,3)11-6-4-5-7-11/h8-11,15H,4-7H2,1-3H3. The highest BCUT2D eigenvalue weighted by Gasteiger charge is 2.32. The summed E-state index contributed by atoms with van der Waals surface area (Å²) < 4.78 is 0. The Labute approximate surface area is 102 Å². The molecule has 0 spiro atoms. The normalized spacial score (nSPS) is 20.2. The zero-order chi connectivity index (χ0) is 11.6. The van der Waals surface area contributed by atoms with Crippen LogP contribution in [-0.2, 0) is 0 Å². The molecule has 0 bridgehead atoms. The van der Waals surface area contributed by atoms with E-state index in [-0.39, 0.29) is 5.54 Å². The number of hydrogen-bond donors (Lipinski definition) is 1. The maximum Gasteiger partial charge on any atom is 0.0794 e.